The lowest BCUT2D eigenvalue weighted by molar-refractivity contribution is 0.721. The lowest BCUT2D eigenvalue weighted by atomic mass is 9.83. The summed E-state index contributed by atoms with van der Waals surface area (Å²) in [5.74, 6) is 0.133. The predicted octanol–water partition coefficient (Wildman–Crippen LogP) is 9.24. The first-order chi connectivity index (χ1) is 19.2. The third-order valence-electron chi connectivity index (χ3n) is 8.03. The van der Waals surface area contributed by atoms with Gasteiger partial charge in [-0.3, -0.25) is 0 Å². The molecule has 3 aromatic carbocycles. The van der Waals surface area contributed by atoms with Gasteiger partial charge in [0, 0.05) is 43.9 Å². The third-order valence-corrected chi connectivity index (χ3v) is 9.36. The van der Waals surface area contributed by atoms with Crippen LogP contribution in [0.4, 0.5) is 5.69 Å². The van der Waals surface area contributed by atoms with Crippen LogP contribution in [0.15, 0.2) is 115 Å². The number of benzene rings is 3. The van der Waals surface area contributed by atoms with Gasteiger partial charge in [-0.15, -0.1) is 11.3 Å². The molecule has 3 aliphatic rings. The van der Waals surface area contributed by atoms with E-state index >= 15 is 0 Å². The molecule has 4 aromatic rings. The molecular weight excluding hydrogens is 492 g/mol. The smallest absolute Gasteiger partial charge is 0.0464 e. The molecule has 3 heteroatoms. The van der Waals surface area contributed by atoms with Crippen LogP contribution in [0.3, 0.4) is 0 Å². The van der Waals surface area contributed by atoms with Crippen molar-refractivity contribution in [2.24, 2.45) is 5.73 Å². The lowest BCUT2D eigenvalue weighted by Gasteiger charge is -2.25. The van der Waals surface area contributed by atoms with Crippen molar-refractivity contribution in [1.82, 2.24) is 0 Å². The monoisotopic (exact) mass is 524 g/mol. The van der Waals surface area contributed by atoms with E-state index in [2.05, 4.69) is 121 Å². The number of hydrogen-bond donors (Lipinski definition) is 2. The SMILES string of the molecule is NC1C=CC(c2ccc(NC3=CCCC=C3)c(-c3ccccc3)c2)=CC1c1cccc2c3c(sc12)CCC=C3. The van der Waals surface area contributed by atoms with Crippen LogP contribution >= 0.6 is 11.3 Å². The third kappa shape index (κ3) is 4.63. The molecule has 0 saturated heterocycles. The maximum Gasteiger partial charge on any atom is 0.0464 e. The average molecular weight is 525 g/mol. The Kier molecular flexibility index (Phi) is 6.40. The molecule has 7 rings (SSSR count). The molecule has 0 radical (unpaired) electrons. The Balaban J connectivity index is 1.30. The first-order valence-corrected chi connectivity index (χ1v) is 14.8. The van der Waals surface area contributed by atoms with Gasteiger partial charge in [0.2, 0.25) is 0 Å². The van der Waals surface area contributed by atoms with Crippen molar-refractivity contribution >= 4 is 38.8 Å². The van der Waals surface area contributed by atoms with Gasteiger partial charge in [0.1, 0.15) is 0 Å². The molecule has 0 spiro atoms. The van der Waals surface area contributed by atoms with Crippen LogP contribution in [0.25, 0.3) is 32.9 Å². The Labute approximate surface area is 234 Å². The second-order valence-corrected chi connectivity index (χ2v) is 11.7. The standard InChI is InChI=1S/C36H32N2S/c37-33-20-18-25(23-32(33)30-16-9-15-29-28-14-7-8-17-35(28)39-36(29)30)26-19-21-34(38-27-12-5-2-6-13-27)31(22-26)24-10-3-1-4-11-24/h1,3-5,7,9-16,18-23,32-33,38H,2,6,8,17,37H2. The number of allylic oxidation sites excluding steroid dienone is 6. The van der Waals surface area contributed by atoms with Crippen molar-refractivity contribution in [1.29, 1.82) is 0 Å². The van der Waals surface area contributed by atoms with E-state index in [1.54, 1.807) is 0 Å². The van der Waals surface area contributed by atoms with Gasteiger partial charge in [-0.2, -0.15) is 0 Å². The minimum Gasteiger partial charge on any atom is -0.355 e. The topological polar surface area (TPSA) is 38.0 Å². The maximum atomic E-state index is 6.75. The van der Waals surface area contributed by atoms with Crippen LogP contribution in [-0.2, 0) is 6.42 Å². The molecule has 1 aromatic heterocycles. The number of fused-ring (bicyclic) bond motifs is 3. The van der Waals surface area contributed by atoms with Crippen LogP contribution in [-0.4, -0.2) is 6.04 Å². The van der Waals surface area contributed by atoms with Crippen LogP contribution in [0, 0.1) is 0 Å². The van der Waals surface area contributed by atoms with E-state index < -0.39 is 0 Å². The minimum absolute atomic E-state index is 0.0476. The summed E-state index contributed by atoms with van der Waals surface area (Å²) in [4.78, 5) is 1.50. The molecule has 1 heterocycles. The van der Waals surface area contributed by atoms with E-state index in [1.165, 1.54) is 48.4 Å². The molecule has 2 unspecified atom stereocenters. The highest BCUT2D eigenvalue weighted by atomic mass is 32.1. The first-order valence-electron chi connectivity index (χ1n) is 13.9. The first kappa shape index (κ1) is 24.1. The van der Waals surface area contributed by atoms with E-state index in [1.807, 2.05) is 11.3 Å². The van der Waals surface area contributed by atoms with Crippen LogP contribution in [0.1, 0.15) is 46.7 Å². The van der Waals surface area contributed by atoms with E-state index in [4.69, 9.17) is 5.73 Å². The predicted molar refractivity (Wildman–Crippen MR) is 169 cm³/mol. The largest absolute Gasteiger partial charge is 0.355 e. The second kappa shape index (κ2) is 10.3. The molecule has 192 valence electrons. The molecule has 0 amide bonds. The molecule has 39 heavy (non-hydrogen) atoms. The summed E-state index contributed by atoms with van der Waals surface area (Å²) in [6.45, 7) is 0. The molecular formula is C36H32N2S. The Bertz CT molecular complexity index is 1700. The summed E-state index contributed by atoms with van der Waals surface area (Å²) < 4.78 is 1.39. The zero-order chi connectivity index (χ0) is 26.2. The Morgan fingerprint density at radius 2 is 1.72 bits per heavy atom. The molecule has 3 N–H and O–H groups in total. The van der Waals surface area contributed by atoms with Gasteiger partial charge in [-0.05, 0) is 71.7 Å². The van der Waals surface area contributed by atoms with E-state index in [0.717, 1.165) is 37.1 Å². The van der Waals surface area contributed by atoms with Gasteiger partial charge in [0.15, 0.2) is 0 Å². The quantitative estimate of drug-likeness (QED) is 0.273. The van der Waals surface area contributed by atoms with Crippen molar-refractivity contribution in [2.75, 3.05) is 5.32 Å². The van der Waals surface area contributed by atoms with E-state index in [-0.39, 0.29) is 12.0 Å². The van der Waals surface area contributed by atoms with Crippen LogP contribution < -0.4 is 11.1 Å². The van der Waals surface area contributed by atoms with Gasteiger partial charge >= 0.3 is 0 Å². The number of aryl methyl sites for hydroxylation is 1. The zero-order valence-electron chi connectivity index (χ0n) is 21.9. The fraction of sp³-hybridized carbons (Fsp3) is 0.167. The number of rotatable bonds is 5. The van der Waals surface area contributed by atoms with Gasteiger partial charge in [-0.1, -0.05) is 97.1 Å². The van der Waals surface area contributed by atoms with Crippen LogP contribution in [0.5, 0.6) is 0 Å². The van der Waals surface area contributed by atoms with Crippen molar-refractivity contribution in [3.05, 3.63) is 137 Å². The summed E-state index contributed by atoms with van der Waals surface area (Å²) in [5, 5.41) is 5.04. The Morgan fingerprint density at radius 3 is 2.59 bits per heavy atom. The van der Waals surface area contributed by atoms with Crippen LogP contribution in [0.2, 0.25) is 0 Å². The number of nitrogens with two attached hydrogens (primary N) is 1. The average Bonchev–Trinajstić information content (AvgIpc) is 3.38. The summed E-state index contributed by atoms with van der Waals surface area (Å²) in [5.41, 5.74) is 16.6. The fourth-order valence-electron chi connectivity index (χ4n) is 5.99. The van der Waals surface area contributed by atoms with Gasteiger partial charge in [0.25, 0.3) is 0 Å². The maximum absolute atomic E-state index is 6.75. The van der Waals surface area contributed by atoms with Gasteiger partial charge < -0.3 is 11.1 Å². The van der Waals surface area contributed by atoms with E-state index in [0.29, 0.717) is 0 Å². The lowest BCUT2D eigenvalue weighted by Crippen LogP contribution is -2.27. The zero-order valence-corrected chi connectivity index (χ0v) is 22.8. The summed E-state index contributed by atoms with van der Waals surface area (Å²) in [7, 11) is 0. The number of anilines is 1. The van der Waals surface area contributed by atoms with Gasteiger partial charge in [-0.25, -0.2) is 0 Å². The highest BCUT2D eigenvalue weighted by molar-refractivity contribution is 7.19. The summed E-state index contributed by atoms with van der Waals surface area (Å²) in [6, 6.07) is 24.2. The highest BCUT2D eigenvalue weighted by Gasteiger charge is 2.24. The highest BCUT2D eigenvalue weighted by Crippen LogP contribution is 2.42. The van der Waals surface area contributed by atoms with Crippen molar-refractivity contribution in [3.63, 3.8) is 0 Å². The molecule has 0 saturated carbocycles. The molecule has 2 atom stereocenters. The van der Waals surface area contributed by atoms with Crippen molar-refractivity contribution < 1.29 is 0 Å². The number of hydrogen-bond acceptors (Lipinski definition) is 3. The number of nitrogens with one attached hydrogen (secondary N) is 1. The minimum atomic E-state index is -0.0476. The van der Waals surface area contributed by atoms with E-state index in [9.17, 15) is 0 Å². The molecule has 0 fully saturated rings. The van der Waals surface area contributed by atoms with Crippen molar-refractivity contribution in [3.8, 4) is 11.1 Å². The Hall–Kier alpha value is -3.92. The molecule has 0 aliphatic heterocycles. The fourth-order valence-corrected chi connectivity index (χ4v) is 7.36. The summed E-state index contributed by atoms with van der Waals surface area (Å²) >= 11 is 1.96. The summed E-state index contributed by atoms with van der Waals surface area (Å²) in [6.07, 6.45) is 22.5. The molecule has 3 aliphatic carbocycles. The normalized spacial score (nSPS) is 20.0. The molecule has 2 nitrogen and oxygen atoms in total. The number of thiophene rings is 1. The van der Waals surface area contributed by atoms with Crippen molar-refractivity contribution in [2.45, 2.75) is 37.6 Å². The second-order valence-electron chi connectivity index (χ2n) is 10.6. The molecule has 0 bridgehead atoms. The van der Waals surface area contributed by atoms with Gasteiger partial charge in [0.05, 0.1) is 0 Å². The Morgan fingerprint density at radius 1 is 0.821 bits per heavy atom.